The molecule has 0 atom stereocenters. The zero-order chi connectivity index (χ0) is 22.6. The number of allylic oxidation sites excluding steroid dienone is 1. The number of hydrogen-bond acceptors (Lipinski definition) is 7. The van der Waals surface area contributed by atoms with Crippen molar-refractivity contribution in [3.05, 3.63) is 96.1 Å². The lowest BCUT2D eigenvalue weighted by Gasteiger charge is -2.23. The van der Waals surface area contributed by atoms with Gasteiger partial charge in [0.05, 0.1) is 11.7 Å². The first-order valence-electron chi connectivity index (χ1n) is 10.1. The van der Waals surface area contributed by atoms with Crippen LogP contribution in [0.25, 0.3) is 27.6 Å². The Kier molecular flexibility index (Phi) is 5.65. The number of thiophene rings is 1. The highest BCUT2D eigenvalue weighted by Gasteiger charge is 2.17. The minimum Gasteiger partial charge on any atom is -0.302 e. The van der Waals surface area contributed by atoms with Gasteiger partial charge >= 0.3 is 0 Å². The van der Waals surface area contributed by atoms with Crippen LogP contribution in [-0.4, -0.2) is 8.75 Å². The average molecular weight is 462 g/mol. The largest absolute Gasteiger partial charge is 0.302 e. The summed E-state index contributed by atoms with van der Waals surface area (Å²) in [7, 11) is 0. The summed E-state index contributed by atoms with van der Waals surface area (Å²) in [6.07, 6.45) is 1.56. The van der Waals surface area contributed by atoms with E-state index in [0.717, 1.165) is 44.1 Å². The molecule has 0 radical (unpaired) electrons. The highest BCUT2D eigenvalue weighted by atomic mass is 32.1. The highest BCUT2D eigenvalue weighted by molar-refractivity contribution is 7.19. The van der Waals surface area contributed by atoms with Gasteiger partial charge in [0.1, 0.15) is 33.7 Å². The van der Waals surface area contributed by atoms with Crippen molar-refractivity contribution in [1.29, 1.82) is 10.5 Å². The summed E-state index contributed by atoms with van der Waals surface area (Å²) in [5, 5.41) is 19.3. The van der Waals surface area contributed by atoms with Crippen LogP contribution in [0.1, 0.15) is 5.56 Å². The Morgan fingerprint density at radius 1 is 0.758 bits per heavy atom. The number of fused-ring (bicyclic) bond motifs is 1. The SMILES string of the molecule is N#CC(C#N)=Cc1ccc(-c2ccc(N(c3ccccc3)c3ccccc3)s2)c2nsnc12. The molecule has 0 bridgehead atoms. The molecule has 33 heavy (non-hydrogen) atoms. The van der Waals surface area contributed by atoms with Crippen LogP contribution in [-0.2, 0) is 0 Å². The summed E-state index contributed by atoms with van der Waals surface area (Å²) in [4.78, 5) is 3.30. The number of nitriles is 2. The fourth-order valence-electron chi connectivity index (χ4n) is 3.60. The second-order valence-corrected chi connectivity index (χ2v) is 8.68. The fraction of sp³-hybridized carbons (Fsp3) is 0. The molecule has 0 N–H and O–H groups in total. The lowest BCUT2D eigenvalue weighted by atomic mass is 10.1. The monoisotopic (exact) mass is 461 g/mol. The summed E-state index contributed by atoms with van der Waals surface area (Å²) in [5.41, 5.74) is 5.35. The van der Waals surface area contributed by atoms with E-state index < -0.39 is 0 Å². The smallest absolute Gasteiger partial charge is 0.130 e. The minimum absolute atomic E-state index is 0.0387. The highest BCUT2D eigenvalue weighted by Crippen LogP contribution is 2.43. The molecular formula is C26H15N5S2. The van der Waals surface area contributed by atoms with E-state index in [-0.39, 0.29) is 5.57 Å². The number of benzene rings is 3. The van der Waals surface area contributed by atoms with Crippen molar-refractivity contribution in [1.82, 2.24) is 8.75 Å². The number of nitrogens with zero attached hydrogens (tertiary/aromatic N) is 5. The molecule has 0 unspecified atom stereocenters. The van der Waals surface area contributed by atoms with Gasteiger partial charge in [0.15, 0.2) is 0 Å². The van der Waals surface area contributed by atoms with E-state index in [9.17, 15) is 0 Å². The van der Waals surface area contributed by atoms with Crippen molar-refractivity contribution in [3.8, 4) is 22.6 Å². The molecular weight excluding hydrogens is 446 g/mol. The Labute approximate surface area is 199 Å². The summed E-state index contributed by atoms with van der Waals surface area (Å²) in [6, 6.07) is 32.4. The third kappa shape index (κ3) is 3.99. The van der Waals surface area contributed by atoms with Crippen LogP contribution in [0, 0.1) is 22.7 Å². The van der Waals surface area contributed by atoms with Crippen LogP contribution in [0.2, 0.25) is 0 Å². The Morgan fingerprint density at radius 2 is 1.39 bits per heavy atom. The van der Waals surface area contributed by atoms with Crippen LogP contribution in [0.4, 0.5) is 16.4 Å². The maximum atomic E-state index is 9.11. The van der Waals surface area contributed by atoms with Crippen molar-refractivity contribution >= 4 is 56.6 Å². The first kappa shape index (κ1) is 20.6. The molecule has 0 saturated carbocycles. The quantitative estimate of drug-likeness (QED) is 0.256. The van der Waals surface area contributed by atoms with E-state index >= 15 is 0 Å². The van der Waals surface area contributed by atoms with Crippen molar-refractivity contribution in [3.63, 3.8) is 0 Å². The molecule has 7 heteroatoms. The number of hydrogen-bond donors (Lipinski definition) is 0. The molecule has 2 heterocycles. The predicted molar refractivity (Wildman–Crippen MR) is 135 cm³/mol. The third-order valence-corrected chi connectivity index (χ3v) is 6.73. The number of aromatic nitrogens is 2. The first-order valence-corrected chi connectivity index (χ1v) is 11.6. The summed E-state index contributed by atoms with van der Waals surface area (Å²) in [6.45, 7) is 0. The maximum absolute atomic E-state index is 9.11. The summed E-state index contributed by atoms with van der Waals surface area (Å²) in [5.74, 6) is 0. The van der Waals surface area contributed by atoms with Gasteiger partial charge in [-0.3, -0.25) is 0 Å². The van der Waals surface area contributed by atoms with Crippen molar-refractivity contribution < 1.29 is 0 Å². The van der Waals surface area contributed by atoms with Gasteiger partial charge in [-0.25, -0.2) is 0 Å². The topological polar surface area (TPSA) is 76.6 Å². The fourth-order valence-corrected chi connectivity index (χ4v) is 5.25. The normalized spacial score (nSPS) is 10.4. The van der Waals surface area contributed by atoms with E-state index in [1.165, 1.54) is 0 Å². The van der Waals surface area contributed by atoms with Crippen LogP contribution in [0.15, 0.2) is 90.5 Å². The van der Waals surface area contributed by atoms with Gasteiger partial charge in [0.2, 0.25) is 0 Å². The lowest BCUT2D eigenvalue weighted by molar-refractivity contribution is 1.32. The Balaban J connectivity index is 1.60. The van der Waals surface area contributed by atoms with Crippen LogP contribution < -0.4 is 4.90 Å². The number of para-hydroxylation sites is 2. The number of rotatable bonds is 5. The second-order valence-electron chi connectivity index (χ2n) is 7.09. The molecule has 156 valence electrons. The third-order valence-electron chi connectivity index (χ3n) is 5.09. The Bertz CT molecular complexity index is 1480. The molecule has 0 spiro atoms. The molecule has 0 aliphatic heterocycles. The van der Waals surface area contributed by atoms with Gasteiger partial charge in [0, 0.05) is 27.4 Å². The van der Waals surface area contributed by atoms with Crippen LogP contribution >= 0.6 is 23.1 Å². The average Bonchev–Trinajstić information content (AvgIpc) is 3.55. The van der Waals surface area contributed by atoms with E-state index in [1.54, 1.807) is 17.4 Å². The van der Waals surface area contributed by atoms with Gasteiger partial charge < -0.3 is 4.90 Å². The molecule has 0 amide bonds. The van der Waals surface area contributed by atoms with Crippen molar-refractivity contribution in [2.24, 2.45) is 0 Å². The number of anilines is 3. The molecule has 0 fully saturated rings. The van der Waals surface area contributed by atoms with E-state index in [0.29, 0.717) is 11.1 Å². The van der Waals surface area contributed by atoms with Gasteiger partial charge in [-0.1, -0.05) is 48.5 Å². The summed E-state index contributed by atoms with van der Waals surface area (Å²) < 4.78 is 8.94. The Hall–Kier alpha value is -4.30. The molecule has 0 aliphatic carbocycles. The van der Waals surface area contributed by atoms with Crippen molar-refractivity contribution in [2.75, 3.05) is 4.90 Å². The standard InChI is InChI=1S/C26H15N5S2/c27-16-18(17-28)15-19-11-12-22(26-25(19)29-33-30-26)23-13-14-24(32-23)31(20-7-3-1-4-8-20)21-9-5-2-6-10-21/h1-15H. The van der Waals surface area contributed by atoms with Gasteiger partial charge in [-0.05, 0) is 42.5 Å². The molecule has 5 aromatic rings. The molecule has 5 nitrogen and oxygen atoms in total. The zero-order valence-corrected chi connectivity index (χ0v) is 18.8. The molecule has 3 aromatic carbocycles. The van der Waals surface area contributed by atoms with Gasteiger partial charge in [0.25, 0.3) is 0 Å². The van der Waals surface area contributed by atoms with Crippen LogP contribution in [0.3, 0.4) is 0 Å². The molecule has 0 saturated heterocycles. The Morgan fingerprint density at radius 3 is 2.03 bits per heavy atom. The van der Waals surface area contributed by atoms with E-state index in [4.69, 9.17) is 10.5 Å². The molecule has 5 rings (SSSR count). The van der Waals surface area contributed by atoms with E-state index in [1.807, 2.05) is 60.7 Å². The lowest BCUT2D eigenvalue weighted by Crippen LogP contribution is -2.07. The van der Waals surface area contributed by atoms with Gasteiger partial charge in [-0.15, -0.1) is 11.3 Å². The zero-order valence-electron chi connectivity index (χ0n) is 17.2. The maximum Gasteiger partial charge on any atom is 0.130 e. The van der Waals surface area contributed by atoms with Crippen LogP contribution in [0.5, 0.6) is 0 Å². The van der Waals surface area contributed by atoms with Crippen molar-refractivity contribution in [2.45, 2.75) is 0 Å². The predicted octanol–water partition coefficient (Wildman–Crippen LogP) is 7.32. The van der Waals surface area contributed by atoms with E-state index in [2.05, 4.69) is 50.0 Å². The second kappa shape index (κ2) is 9.05. The van der Waals surface area contributed by atoms with Gasteiger partial charge in [-0.2, -0.15) is 19.3 Å². The first-order chi connectivity index (χ1) is 16.3. The molecule has 0 aliphatic rings. The summed E-state index contributed by atoms with van der Waals surface area (Å²) >= 11 is 2.80. The minimum atomic E-state index is 0.0387. The molecule has 2 aromatic heterocycles.